The third-order valence-corrected chi connectivity index (χ3v) is 3.72. The summed E-state index contributed by atoms with van der Waals surface area (Å²) in [6.45, 7) is 10.1. The number of benzene rings is 2. The van der Waals surface area contributed by atoms with Gasteiger partial charge in [0.2, 0.25) is 0 Å². The first-order valence-electron chi connectivity index (χ1n) is 8.69. The molecular weight excluding hydrogens is 372 g/mol. The van der Waals surface area contributed by atoms with Crippen molar-refractivity contribution in [3.8, 4) is 17.2 Å². The van der Waals surface area contributed by atoms with E-state index in [0.29, 0.717) is 18.6 Å². The van der Waals surface area contributed by atoms with Gasteiger partial charge in [-0.05, 0) is 48.2 Å². The molecule has 0 aliphatic carbocycles. The van der Waals surface area contributed by atoms with Crippen molar-refractivity contribution in [2.75, 3.05) is 0 Å². The third-order valence-electron chi connectivity index (χ3n) is 3.72. The van der Waals surface area contributed by atoms with Gasteiger partial charge in [0.15, 0.2) is 0 Å². The normalized spacial score (nSPS) is 9.79. The Labute approximate surface area is 168 Å². The Balaban J connectivity index is 2.13. The predicted molar refractivity (Wildman–Crippen MR) is 108 cm³/mol. The van der Waals surface area contributed by atoms with Gasteiger partial charge in [0.05, 0.1) is 0 Å². The molecule has 0 aliphatic heterocycles. The van der Waals surface area contributed by atoms with Crippen LogP contribution in [0.1, 0.15) is 11.1 Å². The molecule has 0 fully saturated rings. The molecule has 2 rings (SSSR count). The molecule has 6 nitrogen and oxygen atoms in total. The van der Waals surface area contributed by atoms with Crippen molar-refractivity contribution < 1.29 is 28.6 Å². The number of ether oxygens (including phenoxy) is 3. The smallest absolute Gasteiger partial charge is 0.335 e. The number of esters is 3. The highest BCUT2D eigenvalue weighted by atomic mass is 16.5. The summed E-state index contributed by atoms with van der Waals surface area (Å²) in [4.78, 5) is 34.2. The summed E-state index contributed by atoms with van der Waals surface area (Å²) in [7, 11) is 0. The van der Waals surface area contributed by atoms with Crippen LogP contribution in [0, 0.1) is 0 Å². The molecule has 0 atom stereocenters. The number of hydrogen-bond acceptors (Lipinski definition) is 6. The molecule has 0 saturated carbocycles. The molecule has 0 saturated heterocycles. The summed E-state index contributed by atoms with van der Waals surface area (Å²) in [6, 6.07) is 11.9. The van der Waals surface area contributed by atoms with Gasteiger partial charge >= 0.3 is 17.9 Å². The van der Waals surface area contributed by atoms with Crippen LogP contribution in [0.4, 0.5) is 0 Å². The summed E-state index contributed by atoms with van der Waals surface area (Å²) < 4.78 is 15.3. The minimum absolute atomic E-state index is 0.242. The molecule has 0 aliphatic rings. The van der Waals surface area contributed by atoms with Gasteiger partial charge in [0, 0.05) is 24.3 Å². The van der Waals surface area contributed by atoms with Crippen LogP contribution < -0.4 is 14.2 Å². The minimum Gasteiger partial charge on any atom is -0.423 e. The Kier molecular flexibility index (Phi) is 7.68. The maximum Gasteiger partial charge on any atom is 0.335 e. The van der Waals surface area contributed by atoms with Gasteiger partial charge in [-0.1, -0.05) is 31.9 Å². The van der Waals surface area contributed by atoms with E-state index in [0.717, 1.165) is 29.4 Å². The third kappa shape index (κ3) is 6.95. The summed E-state index contributed by atoms with van der Waals surface area (Å²) in [5, 5.41) is 0. The van der Waals surface area contributed by atoms with E-state index in [-0.39, 0.29) is 11.5 Å². The first-order valence-corrected chi connectivity index (χ1v) is 8.69. The van der Waals surface area contributed by atoms with Crippen molar-refractivity contribution in [1.29, 1.82) is 0 Å². The fourth-order valence-corrected chi connectivity index (χ4v) is 2.38. The fourth-order valence-electron chi connectivity index (χ4n) is 2.38. The van der Waals surface area contributed by atoms with Crippen molar-refractivity contribution >= 4 is 17.9 Å². The van der Waals surface area contributed by atoms with Crippen molar-refractivity contribution in [3.63, 3.8) is 0 Å². The average Bonchev–Trinajstić information content (AvgIpc) is 2.72. The number of rotatable bonds is 9. The van der Waals surface area contributed by atoms with Crippen molar-refractivity contribution in [2.24, 2.45) is 0 Å². The lowest BCUT2D eigenvalue weighted by molar-refractivity contribution is -0.130. The number of aryl methyl sites for hydroxylation is 2. The zero-order valence-corrected chi connectivity index (χ0v) is 15.8. The monoisotopic (exact) mass is 392 g/mol. The van der Waals surface area contributed by atoms with Gasteiger partial charge in [-0.2, -0.15) is 0 Å². The van der Waals surface area contributed by atoms with E-state index in [1.165, 1.54) is 6.07 Å². The first-order chi connectivity index (χ1) is 13.9. The van der Waals surface area contributed by atoms with Crippen molar-refractivity contribution in [1.82, 2.24) is 0 Å². The second-order valence-electron chi connectivity index (χ2n) is 5.83. The van der Waals surface area contributed by atoms with Crippen LogP contribution in [0.15, 0.2) is 80.4 Å². The Morgan fingerprint density at radius 3 is 1.48 bits per heavy atom. The fraction of sp³-hybridized carbons (Fsp3) is 0.0870. The lowest BCUT2D eigenvalue weighted by atomic mass is 10.0. The van der Waals surface area contributed by atoms with Crippen LogP contribution in [0.25, 0.3) is 0 Å². The van der Waals surface area contributed by atoms with Gasteiger partial charge in [0.1, 0.15) is 17.2 Å². The van der Waals surface area contributed by atoms with Gasteiger partial charge in [-0.15, -0.1) is 0 Å². The Morgan fingerprint density at radius 1 is 0.621 bits per heavy atom. The number of hydrogen-bond donors (Lipinski definition) is 0. The second kappa shape index (κ2) is 10.4. The lowest BCUT2D eigenvalue weighted by Gasteiger charge is -2.10. The molecule has 0 bridgehead atoms. The molecule has 0 heterocycles. The standard InChI is InChI=1S/C23H20O6/c1-4-21(24)27-18-11-9-16(10-12-18)7-8-17-13-19(28-22(25)5-2)15-20(14-17)29-23(26)6-3/h4-6,9-15H,1-3,7-8H2. The van der Waals surface area contributed by atoms with Crippen LogP contribution in [-0.2, 0) is 27.2 Å². The van der Waals surface area contributed by atoms with Crippen LogP contribution in [0.2, 0.25) is 0 Å². The summed E-state index contributed by atoms with van der Waals surface area (Å²) in [5.41, 5.74) is 1.80. The summed E-state index contributed by atoms with van der Waals surface area (Å²) in [5.74, 6) is -0.849. The van der Waals surface area contributed by atoms with E-state index in [1.807, 2.05) is 12.1 Å². The zero-order chi connectivity index (χ0) is 21.2. The molecule has 0 spiro atoms. The molecule has 2 aromatic rings. The highest BCUT2D eigenvalue weighted by Crippen LogP contribution is 2.25. The van der Waals surface area contributed by atoms with E-state index in [2.05, 4.69) is 19.7 Å². The van der Waals surface area contributed by atoms with Crippen LogP contribution in [0.3, 0.4) is 0 Å². The van der Waals surface area contributed by atoms with Gasteiger partial charge in [0.25, 0.3) is 0 Å². The van der Waals surface area contributed by atoms with E-state index < -0.39 is 17.9 Å². The highest BCUT2D eigenvalue weighted by molar-refractivity contribution is 5.84. The molecule has 0 unspecified atom stereocenters. The van der Waals surface area contributed by atoms with Crippen LogP contribution in [0.5, 0.6) is 17.2 Å². The maximum absolute atomic E-state index is 11.5. The molecule has 0 radical (unpaired) electrons. The van der Waals surface area contributed by atoms with E-state index in [4.69, 9.17) is 14.2 Å². The Hall–Kier alpha value is -3.93. The summed E-state index contributed by atoms with van der Waals surface area (Å²) >= 11 is 0. The maximum atomic E-state index is 11.5. The van der Waals surface area contributed by atoms with Gasteiger partial charge in [-0.25, -0.2) is 14.4 Å². The molecular formula is C23H20O6. The zero-order valence-electron chi connectivity index (χ0n) is 15.8. The molecule has 29 heavy (non-hydrogen) atoms. The SMILES string of the molecule is C=CC(=O)Oc1ccc(CCc2cc(OC(=O)C=C)cc(OC(=O)C=C)c2)cc1. The van der Waals surface area contributed by atoms with E-state index >= 15 is 0 Å². The lowest BCUT2D eigenvalue weighted by Crippen LogP contribution is -2.07. The highest BCUT2D eigenvalue weighted by Gasteiger charge is 2.09. The Bertz CT molecular complexity index is 900. The van der Waals surface area contributed by atoms with Crippen molar-refractivity contribution in [3.05, 3.63) is 91.6 Å². The molecule has 2 aromatic carbocycles. The molecule has 148 valence electrons. The molecule has 6 heteroatoms. The van der Waals surface area contributed by atoms with E-state index in [1.54, 1.807) is 24.3 Å². The average molecular weight is 392 g/mol. The molecule has 0 aromatic heterocycles. The van der Waals surface area contributed by atoms with Gasteiger partial charge in [-0.3, -0.25) is 0 Å². The van der Waals surface area contributed by atoms with Crippen LogP contribution in [-0.4, -0.2) is 17.9 Å². The largest absolute Gasteiger partial charge is 0.423 e. The van der Waals surface area contributed by atoms with E-state index in [9.17, 15) is 14.4 Å². The quantitative estimate of drug-likeness (QED) is 0.367. The predicted octanol–water partition coefficient (Wildman–Crippen LogP) is 3.75. The molecule has 0 N–H and O–H groups in total. The first kappa shape index (κ1) is 21.4. The van der Waals surface area contributed by atoms with Crippen molar-refractivity contribution in [2.45, 2.75) is 12.8 Å². The number of carbonyl (C=O) groups excluding carboxylic acids is 3. The van der Waals surface area contributed by atoms with Gasteiger partial charge < -0.3 is 14.2 Å². The summed E-state index contributed by atoms with van der Waals surface area (Å²) in [6.07, 6.45) is 4.43. The number of carbonyl (C=O) groups is 3. The minimum atomic E-state index is -0.618. The molecule has 0 amide bonds. The second-order valence-corrected chi connectivity index (χ2v) is 5.83. The topological polar surface area (TPSA) is 78.9 Å². The van der Waals surface area contributed by atoms with Crippen LogP contribution >= 0.6 is 0 Å². The Morgan fingerprint density at radius 2 is 1.03 bits per heavy atom.